The molecule has 0 aliphatic rings. The summed E-state index contributed by atoms with van der Waals surface area (Å²) in [5, 5.41) is 9.03. The summed E-state index contributed by atoms with van der Waals surface area (Å²) < 4.78 is 5.37. The third kappa shape index (κ3) is 3.96. The highest BCUT2D eigenvalue weighted by molar-refractivity contribution is 5.69. The molecule has 106 valence electrons. The third-order valence-corrected chi connectivity index (χ3v) is 3.47. The topological polar surface area (TPSA) is 49.8 Å². The summed E-state index contributed by atoms with van der Waals surface area (Å²) in [5.74, 6) is -0.292. The molecule has 0 aliphatic carbocycles. The second-order valence-electron chi connectivity index (χ2n) is 4.74. The number of carboxylic acids is 1. The first-order valence-electron chi connectivity index (χ1n) is 6.61. The Morgan fingerprint density at radius 2 is 2.00 bits per heavy atom. The van der Waals surface area contributed by atoms with Gasteiger partial charge in [0.1, 0.15) is 5.75 Å². The van der Waals surface area contributed by atoms with Gasteiger partial charge in [-0.05, 0) is 19.5 Å². The average molecular weight is 265 g/mol. The minimum Gasteiger partial charge on any atom is -0.496 e. The van der Waals surface area contributed by atoms with E-state index in [0.717, 1.165) is 17.9 Å². The SMILES string of the molecule is CCN(CC(C)C(=O)O)C(C)c1ccccc1OC. The van der Waals surface area contributed by atoms with Gasteiger partial charge < -0.3 is 9.84 Å². The molecule has 1 rings (SSSR count). The Morgan fingerprint density at radius 1 is 1.37 bits per heavy atom. The summed E-state index contributed by atoms with van der Waals surface area (Å²) in [6.45, 7) is 7.19. The number of aliphatic carboxylic acids is 1. The number of hydrogen-bond donors (Lipinski definition) is 1. The minimum absolute atomic E-state index is 0.128. The lowest BCUT2D eigenvalue weighted by Crippen LogP contribution is -2.34. The van der Waals surface area contributed by atoms with Gasteiger partial charge in [-0.1, -0.05) is 32.0 Å². The Morgan fingerprint density at radius 3 is 2.53 bits per heavy atom. The zero-order valence-electron chi connectivity index (χ0n) is 12.1. The standard InChI is InChI=1S/C15H23NO3/c1-5-16(10-11(2)15(17)18)12(3)13-8-6-7-9-14(13)19-4/h6-9,11-12H,5,10H2,1-4H3,(H,17,18). The molecule has 0 amide bonds. The van der Waals surface area contributed by atoms with E-state index >= 15 is 0 Å². The summed E-state index contributed by atoms with van der Waals surface area (Å²) in [6, 6.07) is 7.99. The van der Waals surface area contributed by atoms with Crippen LogP contribution in [0.25, 0.3) is 0 Å². The van der Waals surface area contributed by atoms with Crippen LogP contribution < -0.4 is 4.74 Å². The van der Waals surface area contributed by atoms with Crippen molar-refractivity contribution in [2.75, 3.05) is 20.2 Å². The molecule has 1 aromatic carbocycles. The van der Waals surface area contributed by atoms with Crippen LogP contribution in [0.3, 0.4) is 0 Å². The van der Waals surface area contributed by atoms with Crippen molar-refractivity contribution in [3.8, 4) is 5.75 Å². The number of ether oxygens (including phenoxy) is 1. The van der Waals surface area contributed by atoms with E-state index in [2.05, 4.69) is 11.8 Å². The normalized spacial score (nSPS) is 14.2. The number of methoxy groups -OCH3 is 1. The Bertz CT molecular complexity index is 420. The van der Waals surface area contributed by atoms with E-state index in [4.69, 9.17) is 9.84 Å². The van der Waals surface area contributed by atoms with Crippen LogP contribution in [-0.2, 0) is 4.79 Å². The summed E-state index contributed by atoms with van der Waals surface area (Å²) in [4.78, 5) is 13.1. The van der Waals surface area contributed by atoms with Crippen LogP contribution in [0.15, 0.2) is 24.3 Å². The number of carboxylic acid groups (broad SMARTS) is 1. The van der Waals surface area contributed by atoms with Crippen LogP contribution >= 0.6 is 0 Å². The lowest BCUT2D eigenvalue weighted by molar-refractivity contribution is -0.141. The van der Waals surface area contributed by atoms with Gasteiger partial charge in [-0.15, -0.1) is 0 Å². The molecule has 4 heteroatoms. The van der Waals surface area contributed by atoms with Crippen LogP contribution in [0, 0.1) is 5.92 Å². The third-order valence-electron chi connectivity index (χ3n) is 3.47. The second kappa shape index (κ2) is 7.14. The Balaban J connectivity index is 2.88. The van der Waals surface area contributed by atoms with Crippen molar-refractivity contribution in [1.29, 1.82) is 0 Å². The molecule has 2 atom stereocenters. The van der Waals surface area contributed by atoms with Gasteiger partial charge in [-0.2, -0.15) is 0 Å². The average Bonchev–Trinajstić information content (AvgIpc) is 2.43. The van der Waals surface area contributed by atoms with Crippen LogP contribution in [0.4, 0.5) is 0 Å². The maximum absolute atomic E-state index is 11.0. The molecular formula is C15H23NO3. The van der Waals surface area contributed by atoms with E-state index in [-0.39, 0.29) is 12.0 Å². The van der Waals surface area contributed by atoms with Crippen LogP contribution in [-0.4, -0.2) is 36.2 Å². The molecular weight excluding hydrogens is 242 g/mol. The van der Waals surface area contributed by atoms with E-state index in [1.54, 1.807) is 14.0 Å². The predicted molar refractivity (Wildman–Crippen MR) is 75.5 cm³/mol. The lowest BCUT2D eigenvalue weighted by atomic mass is 10.0. The van der Waals surface area contributed by atoms with Crippen molar-refractivity contribution in [3.05, 3.63) is 29.8 Å². The molecule has 0 bridgehead atoms. The zero-order chi connectivity index (χ0) is 14.4. The molecule has 19 heavy (non-hydrogen) atoms. The zero-order valence-corrected chi connectivity index (χ0v) is 12.1. The molecule has 4 nitrogen and oxygen atoms in total. The van der Waals surface area contributed by atoms with Gasteiger partial charge >= 0.3 is 5.97 Å². The summed E-state index contributed by atoms with van der Waals surface area (Å²) in [6.07, 6.45) is 0. The molecule has 0 aliphatic heterocycles. The fourth-order valence-electron chi connectivity index (χ4n) is 2.20. The first-order valence-corrected chi connectivity index (χ1v) is 6.61. The largest absolute Gasteiger partial charge is 0.496 e. The molecule has 1 aromatic rings. The molecule has 1 N–H and O–H groups in total. The van der Waals surface area contributed by atoms with E-state index < -0.39 is 5.97 Å². The predicted octanol–water partition coefficient (Wildman–Crippen LogP) is 2.80. The van der Waals surface area contributed by atoms with E-state index in [9.17, 15) is 4.79 Å². The van der Waals surface area contributed by atoms with Crippen molar-refractivity contribution in [2.45, 2.75) is 26.8 Å². The van der Waals surface area contributed by atoms with Crippen LogP contribution in [0.2, 0.25) is 0 Å². The summed E-state index contributed by atoms with van der Waals surface area (Å²) >= 11 is 0. The summed E-state index contributed by atoms with van der Waals surface area (Å²) in [5.41, 5.74) is 1.09. The highest BCUT2D eigenvalue weighted by Crippen LogP contribution is 2.29. The molecule has 0 spiro atoms. The van der Waals surface area contributed by atoms with Gasteiger partial charge in [0.2, 0.25) is 0 Å². The Kier molecular flexibility index (Phi) is 5.83. The summed E-state index contributed by atoms with van der Waals surface area (Å²) in [7, 11) is 1.65. The Labute approximate surface area is 115 Å². The maximum Gasteiger partial charge on any atom is 0.307 e. The van der Waals surface area contributed by atoms with Crippen molar-refractivity contribution >= 4 is 5.97 Å². The number of benzene rings is 1. The first-order chi connectivity index (χ1) is 9.01. The number of hydrogen-bond acceptors (Lipinski definition) is 3. The van der Waals surface area contributed by atoms with Gasteiger partial charge in [-0.3, -0.25) is 9.69 Å². The smallest absolute Gasteiger partial charge is 0.307 e. The first kappa shape index (κ1) is 15.5. The highest BCUT2D eigenvalue weighted by Gasteiger charge is 2.22. The quantitative estimate of drug-likeness (QED) is 0.823. The second-order valence-corrected chi connectivity index (χ2v) is 4.74. The Hall–Kier alpha value is -1.55. The van der Waals surface area contributed by atoms with E-state index in [0.29, 0.717) is 6.54 Å². The molecule has 0 aromatic heterocycles. The molecule has 0 radical (unpaired) electrons. The van der Waals surface area contributed by atoms with Crippen LogP contribution in [0.1, 0.15) is 32.4 Å². The van der Waals surface area contributed by atoms with Gasteiger partial charge in [0.25, 0.3) is 0 Å². The number of rotatable bonds is 7. The van der Waals surface area contributed by atoms with E-state index in [1.165, 1.54) is 0 Å². The molecule has 0 fully saturated rings. The molecule has 0 saturated heterocycles. The van der Waals surface area contributed by atoms with Crippen molar-refractivity contribution in [1.82, 2.24) is 4.90 Å². The number of carbonyl (C=O) groups is 1. The van der Waals surface area contributed by atoms with Crippen LogP contribution in [0.5, 0.6) is 5.75 Å². The van der Waals surface area contributed by atoms with Gasteiger partial charge in [0, 0.05) is 18.2 Å². The van der Waals surface area contributed by atoms with Crippen molar-refractivity contribution in [2.24, 2.45) is 5.92 Å². The number of para-hydroxylation sites is 1. The van der Waals surface area contributed by atoms with Gasteiger partial charge in [-0.25, -0.2) is 0 Å². The monoisotopic (exact) mass is 265 g/mol. The maximum atomic E-state index is 11.0. The van der Waals surface area contributed by atoms with Gasteiger partial charge in [0.05, 0.1) is 13.0 Å². The van der Waals surface area contributed by atoms with E-state index in [1.807, 2.05) is 31.2 Å². The molecule has 2 unspecified atom stereocenters. The lowest BCUT2D eigenvalue weighted by Gasteiger charge is -2.30. The highest BCUT2D eigenvalue weighted by atomic mass is 16.5. The van der Waals surface area contributed by atoms with Crippen molar-refractivity contribution < 1.29 is 14.6 Å². The number of nitrogens with zero attached hydrogens (tertiary/aromatic N) is 1. The molecule has 0 heterocycles. The van der Waals surface area contributed by atoms with Crippen molar-refractivity contribution in [3.63, 3.8) is 0 Å². The fourth-order valence-corrected chi connectivity index (χ4v) is 2.20. The van der Waals surface area contributed by atoms with Gasteiger partial charge in [0.15, 0.2) is 0 Å². The fraction of sp³-hybridized carbons (Fsp3) is 0.533. The molecule has 0 saturated carbocycles. The minimum atomic E-state index is -0.759.